The van der Waals surface area contributed by atoms with Gasteiger partial charge in [0.05, 0.1) is 12.0 Å². The van der Waals surface area contributed by atoms with Crippen LogP contribution in [0.1, 0.15) is 11.1 Å². The summed E-state index contributed by atoms with van der Waals surface area (Å²) in [6.07, 6.45) is 0.587. The molecule has 0 atom stereocenters. The van der Waals surface area contributed by atoms with Crippen LogP contribution in [0.25, 0.3) is 0 Å². The second-order valence-electron chi connectivity index (χ2n) is 4.29. The van der Waals surface area contributed by atoms with Gasteiger partial charge in [-0.05, 0) is 51.7 Å². The molecule has 0 fully saturated rings. The van der Waals surface area contributed by atoms with Crippen LogP contribution in [0.4, 0.5) is 11.4 Å². The van der Waals surface area contributed by atoms with Crippen molar-refractivity contribution in [1.29, 1.82) is 0 Å². The van der Waals surface area contributed by atoms with Crippen molar-refractivity contribution >= 4 is 27.3 Å². The Kier molecular flexibility index (Phi) is 4.24. The van der Waals surface area contributed by atoms with E-state index in [-0.39, 0.29) is 11.4 Å². The van der Waals surface area contributed by atoms with Crippen LogP contribution in [-0.4, -0.2) is 12.0 Å². The molecule has 104 valence electrons. The Morgan fingerprint density at radius 1 is 1.25 bits per heavy atom. The Labute approximate surface area is 124 Å². The number of rotatable bonds is 4. The zero-order valence-electron chi connectivity index (χ0n) is 10.8. The molecule has 2 aromatic rings. The van der Waals surface area contributed by atoms with E-state index >= 15 is 0 Å². The maximum atomic E-state index is 11.0. The molecular formula is C14H13BrN2O3. The lowest BCUT2D eigenvalue weighted by Crippen LogP contribution is -1.99. The third-order valence-electron chi connectivity index (χ3n) is 2.93. The van der Waals surface area contributed by atoms with Gasteiger partial charge < -0.3 is 10.5 Å². The van der Waals surface area contributed by atoms with Gasteiger partial charge >= 0.3 is 0 Å². The first-order valence-corrected chi connectivity index (χ1v) is 6.65. The van der Waals surface area contributed by atoms with Crippen LogP contribution in [0, 0.1) is 10.1 Å². The summed E-state index contributed by atoms with van der Waals surface area (Å²) in [5.74, 6) is 0.776. The molecule has 2 rings (SSSR count). The summed E-state index contributed by atoms with van der Waals surface area (Å²) in [6, 6.07) is 10.9. The molecule has 0 aliphatic carbocycles. The minimum Gasteiger partial charge on any atom is -0.497 e. The number of nitrogens with two attached hydrogens (primary N) is 1. The van der Waals surface area contributed by atoms with Gasteiger partial charge in [0.1, 0.15) is 11.4 Å². The lowest BCUT2D eigenvalue weighted by Gasteiger charge is -2.07. The monoisotopic (exact) mass is 336 g/mol. The average molecular weight is 337 g/mol. The molecule has 0 heterocycles. The van der Waals surface area contributed by atoms with Gasteiger partial charge in [-0.3, -0.25) is 10.1 Å². The first-order valence-electron chi connectivity index (χ1n) is 5.86. The minimum atomic E-state index is -0.475. The molecule has 0 aliphatic heterocycles. The fraction of sp³-hybridized carbons (Fsp3) is 0.143. The topological polar surface area (TPSA) is 78.4 Å². The van der Waals surface area contributed by atoms with Gasteiger partial charge in [0.15, 0.2) is 0 Å². The predicted octanol–water partition coefficient (Wildman–Crippen LogP) is 3.54. The van der Waals surface area contributed by atoms with Crippen molar-refractivity contribution in [3.05, 3.63) is 62.1 Å². The average Bonchev–Trinajstić information content (AvgIpc) is 2.43. The third-order valence-corrected chi connectivity index (χ3v) is 3.59. The van der Waals surface area contributed by atoms with E-state index in [1.165, 1.54) is 6.07 Å². The number of nitrogens with zero attached hydrogens (tertiary/aromatic N) is 1. The van der Waals surface area contributed by atoms with Crippen molar-refractivity contribution in [3.63, 3.8) is 0 Å². The van der Waals surface area contributed by atoms with Crippen LogP contribution in [0.15, 0.2) is 40.9 Å². The van der Waals surface area contributed by atoms with Crippen molar-refractivity contribution in [3.8, 4) is 5.75 Å². The molecule has 2 N–H and O–H groups in total. The number of halogens is 1. The highest BCUT2D eigenvalue weighted by Gasteiger charge is 2.16. The second-order valence-corrected chi connectivity index (χ2v) is 5.15. The molecule has 2 aromatic carbocycles. The lowest BCUT2D eigenvalue weighted by atomic mass is 10.0. The zero-order chi connectivity index (χ0) is 14.7. The molecular weight excluding hydrogens is 324 g/mol. The maximum Gasteiger partial charge on any atom is 0.293 e. The van der Waals surface area contributed by atoms with E-state index in [4.69, 9.17) is 10.5 Å². The Balaban J connectivity index is 2.31. The van der Waals surface area contributed by atoms with Gasteiger partial charge in [0, 0.05) is 10.5 Å². The van der Waals surface area contributed by atoms with Crippen LogP contribution < -0.4 is 10.5 Å². The SMILES string of the molecule is COc1ccc(Cc2cc(Br)c(N)c([N+](=O)[O-])c2)cc1. The first kappa shape index (κ1) is 14.3. The summed E-state index contributed by atoms with van der Waals surface area (Å²) >= 11 is 3.25. The summed E-state index contributed by atoms with van der Waals surface area (Å²) < 4.78 is 5.63. The Bertz CT molecular complexity index is 642. The van der Waals surface area contributed by atoms with E-state index in [2.05, 4.69) is 15.9 Å². The molecule has 0 saturated carbocycles. The lowest BCUT2D eigenvalue weighted by molar-refractivity contribution is -0.384. The van der Waals surface area contributed by atoms with Crippen LogP contribution in [0.2, 0.25) is 0 Å². The Morgan fingerprint density at radius 2 is 1.90 bits per heavy atom. The molecule has 0 saturated heterocycles. The van der Waals surface area contributed by atoms with Crippen LogP contribution in [0.5, 0.6) is 5.75 Å². The quantitative estimate of drug-likeness (QED) is 0.526. The van der Waals surface area contributed by atoms with E-state index in [9.17, 15) is 10.1 Å². The van der Waals surface area contributed by atoms with E-state index in [0.29, 0.717) is 10.9 Å². The number of nitrogen functional groups attached to an aromatic ring is 1. The number of nitro benzene ring substituents is 1. The first-order chi connectivity index (χ1) is 9.51. The molecule has 0 aliphatic rings. The number of nitro groups is 1. The Hall–Kier alpha value is -2.08. The van der Waals surface area contributed by atoms with E-state index in [1.807, 2.05) is 24.3 Å². The molecule has 0 unspecified atom stereocenters. The zero-order valence-corrected chi connectivity index (χ0v) is 12.4. The van der Waals surface area contributed by atoms with Crippen LogP contribution >= 0.6 is 15.9 Å². The minimum absolute atomic E-state index is 0.0807. The van der Waals surface area contributed by atoms with Crippen LogP contribution in [-0.2, 0) is 6.42 Å². The third kappa shape index (κ3) is 3.08. The van der Waals surface area contributed by atoms with Gasteiger partial charge in [-0.25, -0.2) is 0 Å². The van der Waals surface area contributed by atoms with Gasteiger partial charge in [-0.15, -0.1) is 0 Å². The van der Waals surface area contributed by atoms with Crippen molar-refractivity contribution < 1.29 is 9.66 Å². The maximum absolute atomic E-state index is 11.0. The molecule has 5 nitrogen and oxygen atoms in total. The fourth-order valence-corrected chi connectivity index (χ4v) is 2.39. The molecule has 0 bridgehead atoms. The van der Waals surface area contributed by atoms with E-state index < -0.39 is 4.92 Å². The fourth-order valence-electron chi connectivity index (χ4n) is 1.89. The van der Waals surface area contributed by atoms with E-state index in [1.54, 1.807) is 13.2 Å². The second kappa shape index (κ2) is 5.92. The van der Waals surface area contributed by atoms with Crippen molar-refractivity contribution in [2.24, 2.45) is 0 Å². The van der Waals surface area contributed by atoms with Crippen LogP contribution in [0.3, 0.4) is 0 Å². The van der Waals surface area contributed by atoms with E-state index in [0.717, 1.165) is 16.9 Å². The number of methoxy groups -OCH3 is 1. The van der Waals surface area contributed by atoms with Gasteiger partial charge in [0.2, 0.25) is 0 Å². The summed E-state index contributed by atoms with van der Waals surface area (Å²) in [5.41, 5.74) is 7.61. The van der Waals surface area contributed by atoms with Crippen molar-refractivity contribution in [2.75, 3.05) is 12.8 Å². The highest BCUT2D eigenvalue weighted by molar-refractivity contribution is 9.10. The molecule has 0 spiro atoms. The van der Waals surface area contributed by atoms with Gasteiger partial charge in [-0.1, -0.05) is 12.1 Å². The highest BCUT2D eigenvalue weighted by atomic mass is 79.9. The summed E-state index contributed by atoms with van der Waals surface area (Å²) in [7, 11) is 1.61. The molecule has 0 amide bonds. The number of hydrogen-bond donors (Lipinski definition) is 1. The number of hydrogen-bond acceptors (Lipinski definition) is 4. The number of ether oxygens (including phenoxy) is 1. The van der Waals surface area contributed by atoms with Crippen molar-refractivity contribution in [2.45, 2.75) is 6.42 Å². The number of benzene rings is 2. The summed E-state index contributed by atoms with van der Waals surface area (Å²) in [5, 5.41) is 11.0. The summed E-state index contributed by atoms with van der Waals surface area (Å²) in [4.78, 5) is 10.5. The molecule has 20 heavy (non-hydrogen) atoms. The van der Waals surface area contributed by atoms with Crippen molar-refractivity contribution in [1.82, 2.24) is 0 Å². The van der Waals surface area contributed by atoms with Gasteiger partial charge in [0.25, 0.3) is 5.69 Å². The molecule has 6 heteroatoms. The predicted molar refractivity (Wildman–Crippen MR) is 81.0 cm³/mol. The standard InChI is InChI=1S/C14H13BrN2O3/c1-20-11-4-2-9(3-5-11)6-10-7-12(15)14(16)13(8-10)17(18)19/h2-5,7-8H,6,16H2,1H3. The highest BCUT2D eigenvalue weighted by Crippen LogP contribution is 2.32. The Morgan fingerprint density at radius 3 is 2.45 bits per heavy atom. The smallest absolute Gasteiger partial charge is 0.293 e. The normalized spacial score (nSPS) is 10.3. The molecule has 0 radical (unpaired) electrons. The largest absolute Gasteiger partial charge is 0.497 e. The summed E-state index contributed by atoms with van der Waals surface area (Å²) in [6.45, 7) is 0. The molecule has 0 aromatic heterocycles. The number of anilines is 1. The van der Waals surface area contributed by atoms with Gasteiger partial charge in [-0.2, -0.15) is 0 Å².